The third-order valence-electron chi connectivity index (χ3n) is 3.69. The number of H-pyrrole nitrogens is 1. The molecule has 1 aromatic carbocycles. The predicted molar refractivity (Wildman–Crippen MR) is 92.4 cm³/mol. The molecule has 3 rings (SSSR count). The molecule has 0 bridgehead atoms. The van der Waals surface area contributed by atoms with Gasteiger partial charge in [0.05, 0.1) is 34.2 Å². The molecule has 23 heavy (non-hydrogen) atoms. The highest BCUT2D eigenvalue weighted by Crippen LogP contribution is 2.22. The number of nitrogens with zero attached hydrogens (tertiary/aromatic N) is 2. The lowest BCUT2D eigenvalue weighted by molar-refractivity contribution is -0.121. The molecule has 1 atom stereocenters. The fourth-order valence-electron chi connectivity index (χ4n) is 2.55. The van der Waals surface area contributed by atoms with E-state index in [1.165, 1.54) is 0 Å². The average Bonchev–Trinajstić information content (AvgIpc) is 3.10. The van der Waals surface area contributed by atoms with E-state index in [9.17, 15) is 4.79 Å². The lowest BCUT2D eigenvalue weighted by Gasteiger charge is -2.20. The number of nitrogens with one attached hydrogen (secondary N) is 2. The number of aryl methyl sites for hydroxylation is 1. The summed E-state index contributed by atoms with van der Waals surface area (Å²) in [5.74, 6) is 0.996. The highest BCUT2D eigenvalue weighted by atomic mass is 32.1. The molecule has 0 saturated carbocycles. The molecular weight excluding hydrogens is 308 g/mol. The van der Waals surface area contributed by atoms with Gasteiger partial charge in [0.25, 0.3) is 0 Å². The summed E-state index contributed by atoms with van der Waals surface area (Å²) in [5, 5.41) is 5.99. The first kappa shape index (κ1) is 15.7. The molecule has 2 N–H and O–H groups in total. The molecule has 0 radical (unpaired) electrons. The number of hydrogen-bond donors (Lipinski definition) is 2. The summed E-state index contributed by atoms with van der Waals surface area (Å²) in [6.45, 7) is 6.09. The van der Waals surface area contributed by atoms with Gasteiger partial charge in [-0.2, -0.15) is 0 Å². The molecule has 2 heterocycles. The van der Waals surface area contributed by atoms with Crippen LogP contribution >= 0.6 is 11.3 Å². The minimum atomic E-state index is -0.144. The smallest absolute Gasteiger partial charge is 0.226 e. The zero-order chi connectivity index (χ0) is 16.4. The van der Waals surface area contributed by atoms with Gasteiger partial charge >= 0.3 is 0 Å². The van der Waals surface area contributed by atoms with Crippen LogP contribution in [0.25, 0.3) is 11.0 Å². The monoisotopic (exact) mass is 328 g/mol. The maximum atomic E-state index is 12.3. The molecular formula is C17H20N4OS. The number of thiazole rings is 1. The van der Waals surface area contributed by atoms with Crippen LogP contribution in [0.1, 0.15) is 36.4 Å². The van der Waals surface area contributed by atoms with Crippen LogP contribution in [0, 0.1) is 12.8 Å². The van der Waals surface area contributed by atoms with Crippen LogP contribution in [-0.2, 0) is 11.2 Å². The van der Waals surface area contributed by atoms with Gasteiger partial charge in [-0.15, -0.1) is 11.3 Å². The number of para-hydroxylation sites is 2. The van der Waals surface area contributed by atoms with Crippen molar-refractivity contribution >= 4 is 28.3 Å². The second-order valence-electron chi connectivity index (χ2n) is 5.96. The van der Waals surface area contributed by atoms with Crippen LogP contribution < -0.4 is 5.32 Å². The number of rotatable bonds is 5. The van der Waals surface area contributed by atoms with Crippen molar-refractivity contribution in [1.29, 1.82) is 0 Å². The molecule has 0 fully saturated rings. The second-order valence-corrected chi connectivity index (χ2v) is 7.03. The summed E-state index contributed by atoms with van der Waals surface area (Å²) < 4.78 is 0. The van der Waals surface area contributed by atoms with Gasteiger partial charge in [0, 0.05) is 5.38 Å². The minimum Gasteiger partial charge on any atom is -0.346 e. The SMILES string of the molecule is Cc1nc(CC(=O)NC(c2nc3ccccc3[nH]2)C(C)C)cs1. The van der Waals surface area contributed by atoms with Crippen molar-refractivity contribution in [3.63, 3.8) is 0 Å². The molecule has 0 aliphatic carbocycles. The van der Waals surface area contributed by atoms with Crippen LogP contribution in [0.2, 0.25) is 0 Å². The first-order chi connectivity index (χ1) is 11.0. The number of fused-ring (bicyclic) bond motifs is 1. The number of benzene rings is 1. The third-order valence-corrected chi connectivity index (χ3v) is 4.52. The zero-order valence-electron chi connectivity index (χ0n) is 13.5. The first-order valence-corrected chi connectivity index (χ1v) is 8.56. The van der Waals surface area contributed by atoms with Crippen molar-refractivity contribution in [3.05, 3.63) is 46.2 Å². The van der Waals surface area contributed by atoms with Gasteiger partial charge in [-0.05, 0) is 25.0 Å². The Bertz CT molecular complexity index is 788. The highest BCUT2D eigenvalue weighted by molar-refractivity contribution is 7.09. The van der Waals surface area contributed by atoms with Crippen molar-refractivity contribution in [1.82, 2.24) is 20.3 Å². The Labute approximate surface area is 139 Å². The van der Waals surface area contributed by atoms with Gasteiger partial charge < -0.3 is 10.3 Å². The Hall–Kier alpha value is -2.21. The number of aromatic nitrogens is 3. The van der Waals surface area contributed by atoms with Gasteiger partial charge in [0.1, 0.15) is 5.82 Å². The van der Waals surface area contributed by atoms with Crippen molar-refractivity contribution in [2.45, 2.75) is 33.2 Å². The molecule has 0 saturated heterocycles. The number of hydrogen-bond acceptors (Lipinski definition) is 4. The zero-order valence-corrected chi connectivity index (χ0v) is 14.3. The van der Waals surface area contributed by atoms with Crippen LogP contribution in [0.15, 0.2) is 29.6 Å². The molecule has 6 heteroatoms. The summed E-state index contributed by atoms with van der Waals surface area (Å²) in [6, 6.07) is 7.74. The van der Waals surface area contributed by atoms with Crippen LogP contribution in [0.5, 0.6) is 0 Å². The maximum absolute atomic E-state index is 12.3. The minimum absolute atomic E-state index is 0.0329. The first-order valence-electron chi connectivity index (χ1n) is 7.68. The summed E-state index contributed by atoms with van der Waals surface area (Å²) in [4.78, 5) is 24.6. The number of amides is 1. The van der Waals surface area contributed by atoms with Crippen LogP contribution in [0.4, 0.5) is 0 Å². The Balaban J connectivity index is 1.77. The summed E-state index contributed by atoms with van der Waals surface area (Å²) in [6.07, 6.45) is 0.299. The number of carbonyl (C=O) groups excluding carboxylic acids is 1. The highest BCUT2D eigenvalue weighted by Gasteiger charge is 2.22. The molecule has 1 unspecified atom stereocenters. The summed E-state index contributed by atoms with van der Waals surface area (Å²) >= 11 is 1.56. The van der Waals surface area contributed by atoms with Gasteiger partial charge in [0.2, 0.25) is 5.91 Å². The van der Waals surface area contributed by atoms with Gasteiger partial charge in [-0.3, -0.25) is 4.79 Å². The molecule has 1 amide bonds. The predicted octanol–water partition coefficient (Wildman–Crippen LogP) is 3.38. The standard InChI is InChI=1S/C17H20N4OS/c1-10(2)16(17-19-13-6-4-5-7-14(13)20-17)21-15(22)8-12-9-23-11(3)18-12/h4-7,9-10,16H,8H2,1-3H3,(H,19,20)(H,21,22). The lowest BCUT2D eigenvalue weighted by Crippen LogP contribution is -2.33. The number of carbonyl (C=O) groups is 1. The molecule has 0 aliphatic rings. The van der Waals surface area contributed by atoms with Crippen molar-refractivity contribution in [2.75, 3.05) is 0 Å². The third kappa shape index (κ3) is 3.59. The van der Waals surface area contributed by atoms with Gasteiger partial charge in [-0.25, -0.2) is 9.97 Å². The van der Waals surface area contributed by atoms with E-state index < -0.39 is 0 Å². The van der Waals surface area contributed by atoms with Crippen LogP contribution in [-0.4, -0.2) is 20.9 Å². The van der Waals surface area contributed by atoms with E-state index in [1.54, 1.807) is 11.3 Å². The molecule has 120 valence electrons. The Morgan fingerprint density at radius 1 is 1.30 bits per heavy atom. The van der Waals surface area contributed by atoms with Crippen molar-refractivity contribution in [3.8, 4) is 0 Å². The fraction of sp³-hybridized carbons (Fsp3) is 0.353. The van der Waals surface area contributed by atoms with E-state index in [4.69, 9.17) is 0 Å². The Morgan fingerprint density at radius 2 is 2.09 bits per heavy atom. The molecule has 0 spiro atoms. The summed E-state index contributed by atoms with van der Waals surface area (Å²) in [5.41, 5.74) is 2.71. The number of imidazole rings is 1. The topological polar surface area (TPSA) is 70.7 Å². The maximum Gasteiger partial charge on any atom is 0.226 e. The molecule has 3 aromatic rings. The van der Waals surface area contributed by atoms with E-state index in [2.05, 4.69) is 34.1 Å². The van der Waals surface area contributed by atoms with Gasteiger partial charge in [0.15, 0.2) is 0 Å². The Kier molecular flexibility index (Phi) is 4.43. The molecule has 0 aliphatic heterocycles. The van der Waals surface area contributed by atoms with E-state index in [1.807, 2.05) is 36.6 Å². The van der Waals surface area contributed by atoms with E-state index in [0.717, 1.165) is 27.6 Å². The van der Waals surface area contributed by atoms with Gasteiger partial charge in [-0.1, -0.05) is 26.0 Å². The van der Waals surface area contributed by atoms with Crippen molar-refractivity contribution < 1.29 is 4.79 Å². The van der Waals surface area contributed by atoms with Crippen molar-refractivity contribution in [2.24, 2.45) is 5.92 Å². The molecule has 5 nitrogen and oxygen atoms in total. The van der Waals surface area contributed by atoms with E-state index in [0.29, 0.717) is 6.42 Å². The summed E-state index contributed by atoms with van der Waals surface area (Å²) in [7, 11) is 0. The fourth-order valence-corrected chi connectivity index (χ4v) is 3.16. The average molecular weight is 328 g/mol. The quantitative estimate of drug-likeness (QED) is 0.754. The number of aromatic amines is 1. The second kappa shape index (κ2) is 6.50. The normalized spacial score (nSPS) is 12.7. The molecule has 2 aromatic heterocycles. The van der Waals surface area contributed by atoms with Crippen LogP contribution in [0.3, 0.4) is 0 Å². The largest absolute Gasteiger partial charge is 0.346 e. The lowest BCUT2D eigenvalue weighted by atomic mass is 10.0. The van der Waals surface area contributed by atoms with E-state index >= 15 is 0 Å². The Morgan fingerprint density at radius 3 is 2.74 bits per heavy atom. The van der Waals surface area contributed by atoms with E-state index in [-0.39, 0.29) is 17.9 Å².